The lowest BCUT2D eigenvalue weighted by molar-refractivity contribution is -0.145. The van der Waals surface area contributed by atoms with Crippen LogP contribution in [0.4, 0.5) is 13.2 Å². The SMILES string of the molecule is Cc1cnc(C(F)(F)F)nc1C(=O)O. The van der Waals surface area contributed by atoms with E-state index in [0.717, 1.165) is 6.20 Å². The molecule has 0 saturated carbocycles. The summed E-state index contributed by atoms with van der Waals surface area (Å²) >= 11 is 0. The second-order valence-electron chi connectivity index (χ2n) is 2.53. The molecule has 1 aromatic heterocycles. The molecule has 1 heterocycles. The van der Waals surface area contributed by atoms with Gasteiger partial charge in [-0.3, -0.25) is 0 Å². The van der Waals surface area contributed by atoms with Crippen molar-refractivity contribution < 1.29 is 23.1 Å². The van der Waals surface area contributed by atoms with Gasteiger partial charge < -0.3 is 5.11 Å². The lowest BCUT2D eigenvalue weighted by Crippen LogP contribution is -2.15. The Hall–Kier alpha value is -1.66. The topological polar surface area (TPSA) is 63.1 Å². The first-order valence-electron chi connectivity index (χ1n) is 3.46. The maximum absolute atomic E-state index is 12.0. The monoisotopic (exact) mass is 206 g/mol. The summed E-state index contributed by atoms with van der Waals surface area (Å²) in [6.45, 7) is 1.32. The number of aromatic nitrogens is 2. The molecule has 0 aromatic carbocycles. The molecule has 1 aromatic rings. The molecule has 0 aliphatic heterocycles. The van der Waals surface area contributed by atoms with Gasteiger partial charge >= 0.3 is 12.1 Å². The Morgan fingerprint density at radius 2 is 2.07 bits per heavy atom. The highest BCUT2D eigenvalue weighted by molar-refractivity contribution is 5.86. The van der Waals surface area contributed by atoms with Crippen molar-refractivity contribution in [3.63, 3.8) is 0 Å². The van der Waals surface area contributed by atoms with E-state index >= 15 is 0 Å². The van der Waals surface area contributed by atoms with Crippen LogP contribution in [0.3, 0.4) is 0 Å². The molecule has 0 aliphatic rings. The van der Waals surface area contributed by atoms with E-state index in [4.69, 9.17) is 5.11 Å². The lowest BCUT2D eigenvalue weighted by atomic mass is 10.2. The maximum Gasteiger partial charge on any atom is 0.451 e. The third kappa shape index (κ3) is 1.98. The number of hydrogen-bond donors (Lipinski definition) is 1. The zero-order valence-corrected chi connectivity index (χ0v) is 6.96. The number of aromatic carboxylic acids is 1. The Balaban J connectivity index is 3.27. The predicted octanol–water partition coefficient (Wildman–Crippen LogP) is 1.50. The van der Waals surface area contributed by atoms with Gasteiger partial charge in [0.05, 0.1) is 0 Å². The minimum Gasteiger partial charge on any atom is -0.477 e. The molecule has 7 heteroatoms. The molecule has 0 spiro atoms. The summed E-state index contributed by atoms with van der Waals surface area (Å²) in [5, 5.41) is 8.50. The van der Waals surface area contributed by atoms with Gasteiger partial charge in [0.1, 0.15) is 0 Å². The molecule has 76 valence electrons. The number of carboxylic acid groups (broad SMARTS) is 1. The maximum atomic E-state index is 12.0. The first kappa shape index (κ1) is 10.4. The molecular weight excluding hydrogens is 201 g/mol. The van der Waals surface area contributed by atoms with Gasteiger partial charge in [-0.25, -0.2) is 14.8 Å². The van der Waals surface area contributed by atoms with Gasteiger partial charge in [-0.1, -0.05) is 0 Å². The van der Waals surface area contributed by atoms with Gasteiger partial charge in [0.2, 0.25) is 5.82 Å². The average molecular weight is 206 g/mol. The fraction of sp³-hybridized carbons (Fsp3) is 0.286. The third-order valence-electron chi connectivity index (χ3n) is 1.43. The predicted molar refractivity (Wildman–Crippen MR) is 38.7 cm³/mol. The van der Waals surface area contributed by atoms with E-state index in [9.17, 15) is 18.0 Å². The van der Waals surface area contributed by atoms with E-state index in [1.165, 1.54) is 6.92 Å². The van der Waals surface area contributed by atoms with Crippen LogP contribution < -0.4 is 0 Å². The number of hydrogen-bond acceptors (Lipinski definition) is 3. The van der Waals surface area contributed by atoms with Crippen LogP contribution in [0.5, 0.6) is 0 Å². The van der Waals surface area contributed by atoms with Crippen LogP contribution in [-0.4, -0.2) is 21.0 Å². The Morgan fingerprint density at radius 1 is 1.50 bits per heavy atom. The van der Waals surface area contributed by atoms with Gasteiger partial charge in [-0.15, -0.1) is 0 Å². The number of halogens is 3. The molecule has 0 aliphatic carbocycles. The lowest BCUT2D eigenvalue weighted by Gasteiger charge is -2.06. The zero-order valence-electron chi connectivity index (χ0n) is 6.96. The van der Waals surface area contributed by atoms with Crippen molar-refractivity contribution in [1.29, 1.82) is 0 Å². The Kier molecular flexibility index (Phi) is 2.41. The van der Waals surface area contributed by atoms with Crippen molar-refractivity contribution in [2.24, 2.45) is 0 Å². The summed E-state index contributed by atoms with van der Waals surface area (Å²) < 4.78 is 36.1. The molecule has 0 bridgehead atoms. The Morgan fingerprint density at radius 3 is 2.50 bits per heavy atom. The highest BCUT2D eigenvalue weighted by atomic mass is 19.4. The average Bonchev–Trinajstić information content (AvgIpc) is 2.02. The zero-order chi connectivity index (χ0) is 10.9. The van der Waals surface area contributed by atoms with Crippen LogP contribution in [0, 0.1) is 6.92 Å². The van der Waals surface area contributed by atoms with E-state index < -0.39 is 23.7 Å². The first-order chi connectivity index (χ1) is 6.32. The first-order valence-corrected chi connectivity index (χ1v) is 3.46. The van der Waals surface area contributed by atoms with E-state index in [-0.39, 0.29) is 5.56 Å². The van der Waals surface area contributed by atoms with E-state index in [1.807, 2.05) is 0 Å². The van der Waals surface area contributed by atoms with Crippen LogP contribution >= 0.6 is 0 Å². The molecule has 1 rings (SSSR count). The van der Waals surface area contributed by atoms with Crippen molar-refractivity contribution in [1.82, 2.24) is 9.97 Å². The minimum absolute atomic E-state index is 0.0884. The second-order valence-corrected chi connectivity index (χ2v) is 2.53. The Bertz CT molecular complexity index is 376. The van der Waals surface area contributed by atoms with Crippen LogP contribution in [0.25, 0.3) is 0 Å². The summed E-state index contributed by atoms with van der Waals surface area (Å²) in [7, 11) is 0. The van der Waals surface area contributed by atoms with Crippen molar-refractivity contribution in [3.05, 3.63) is 23.3 Å². The van der Waals surface area contributed by atoms with Gasteiger partial charge in [0.15, 0.2) is 5.69 Å². The molecule has 0 atom stereocenters. The summed E-state index contributed by atoms with van der Waals surface area (Å²) in [4.78, 5) is 16.3. The fourth-order valence-electron chi connectivity index (χ4n) is 0.795. The quantitative estimate of drug-likeness (QED) is 0.756. The van der Waals surface area contributed by atoms with E-state index in [1.54, 1.807) is 0 Å². The highest BCUT2D eigenvalue weighted by Gasteiger charge is 2.35. The van der Waals surface area contributed by atoms with Crippen molar-refractivity contribution >= 4 is 5.97 Å². The number of aryl methyl sites for hydroxylation is 1. The van der Waals surface area contributed by atoms with Crippen molar-refractivity contribution in [2.45, 2.75) is 13.1 Å². The second kappa shape index (κ2) is 3.24. The number of carboxylic acids is 1. The summed E-state index contributed by atoms with van der Waals surface area (Å²) in [5.41, 5.74) is -0.544. The summed E-state index contributed by atoms with van der Waals surface area (Å²) in [6, 6.07) is 0. The molecule has 0 radical (unpaired) electrons. The molecular formula is C7H5F3N2O2. The molecule has 1 N–H and O–H groups in total. The van der Waals surface area contributed by atoms with Crippen molar-refractivity contribution in [3.8, 4) is 0 Å². The number of rotatable bonds is 1. The van der Waals surface area contributed by atoms with Crippen LogP contribution in [0.15, 0.2) is 6.20 Å². The van der Waals surface area contributed by atoms with E-state index in [0.29, 0.717) is 0 Å². The number of carbonyl (C=O) groups is 1. The number of alkyl halides is 3. The fourth-order valence-corrected chi connectivity index (χ4v) is 0.795. The van der Waals surface area contributed by atoms with Crippen molar-refractivity contribution in [2.75, 3.05) is 0 Å². The van der Waals surface area contributed by atoms with Crippen LogP contribution in [-0.2, 0) is 6.18 Å². The minimum atomic E-state index is -4.72. The van der Waals surface area contributed by atoms with Gasteiger partial charge in [0, 0.05) is 11.8 Å². The summed E-state index contributed by atoms with van der Waals surface area (Å²) in [5.74, 6) is -2.95. The van der Waals surface area contributed by atoms with Gasteiger partial charge in [-0.2, -0.15) is 13.2 Å². The highest BCUT2D eigenvalue weighted by Crippen LogP contribution is 2.26. The molecule has 0 saturated heterocycles. The summed E-state index contributed by atoms with van der Waals surface area (Å²) in [6.07, 6.45) is -3.89. The van der Waals surface area contributed by atoms with Crippen LogP contribution in [0.2, 0.25) is 0 Å². The van der Waals surface area contributed by atoms with E-state index in [2.05, 4.69) is 9.97 Å². The number of nitrogens with zero attached hydrogens (tertiary/aromatic N) is 2. The normalized spacial score (nSPS) is 11.4. The smallest absolute Gasteiger partial charge is 0.451 e. The van der Waals surface area contributed by atoms with Crippen LogP contribution in [0.1, 0.15) is 21.9 Å². The third-order valence-corrected chi connectivity index (χ3v) is 1.43. The molecule has 0 fully saturated rings. The molecule has 4 nitrogen and oxygen atoms in total. The van der Waals surface area contributed by atoms with Gasteiger partial charge in [-0.05, 0) is 6.92 Å². The van der Waals surface area contributed by atoms with Gasteiger partial charge in [0.25, 0.3) is 0 Å². The molecule has 0 amide bonds. The molecule has 14 heavy (non-hydrogen) atoms. The Labute approximate surface area is 76.4 Å². The molecule has 0 unspecified atom stereocenters. The standard InChI is InChI=1S/C7H5F3N2O2/c1-3-2-11-6(7(8,9)10)12-4(3)5(13)14/h2H,1H3,(H,13,14). The largest absolute Gasteiger partial charge is 0.477 e.